The highest BCUT2D eigenvalue weighted by molar-refractivity contribution is 7.89. The summed E-state index contributed by atoms with van der Waals surface area (Å²) < 4.78 is 25.3. The van der Waals surface area contributed by atoms with Gasteiger partial charge in [0, 0.05) is 26.0 Å². The normalized spacial score (nSPS) is 11.9. The Kier molecular flexibility index (Phi) is 3.21. The van der Waals surface area contributed by atoms with Gasteiger partial charge < -0.3 is 4.98 Å². The summed E-state index contributed by atoms with van der Waals surface area (Å²) >= 11 is 0. The van der Waals surface area contributed by atoms with Crippen LogP contribution in [0.3, 0.4) is 0 Å². The van der Waals surface area contributed by atoms with Gasteiger partial charge in [0.25, 0.3) is 10.0 Å². The van der Waals surface area contributed by atoms with Crippen LogP contribution in [0.4, 0.5) is 0 Å². The van der Waals surface area contributed by atoms with Gasteiger partial charge >= 0.3 is 0 Å². The maximum atomic E-state index is 12.0. The molecule has 0 saturated heterocycles. The quantitative estimate of drug-likeness (QED) is 0.865. The summed E-state index contributed by atoms with van der Waals surface area (Å²) in [6.45, 7) is 0.273. The van der Waals surface area contributed by atoms with E-state index >= 15 is 0 Å². The molecule has 7 heteroatoms. The molecule has 2 aromatic rings. The number of aromatic nitrogens is 3. The van der Waals surface area contributed by atoms with Crippen LogP contribution in [0.15, 0.2) is 42.1 Å². The minimum absolute atomic E-state index is 0.0869. The molecule has 0 aliphatic heterocycles. The molecule has 0 spiro atoms. The maximum Gasteiger partial charge on any atom is 0.260 e. The fourth-order valence-corrected chi connectivity index (χ4v) is 2.44. The standard InChI is InChI=1S/C10H12N4O2S/c1-14(7-9-3-2-4-11-5-9)17(15,16)10-6-12-8-13-10/h2-6,8H,7H2,1H3,(H,12,13). The van der Waals surface area contributed by atoms with E-state index in [0.717, 1.165) is 5.56 Å². The molecule has 6 nitrogen and oxygen atoms in total. The minimum atomic E-state index is -3.51. The Morgan fingerprint density at radius 3 is 2.76 bits per heavy atom. The van der Waals surface area contributed by atoms with Crippen LogP contribution in [-0.2, 0) is 16.6 Å². The van der Waals surface area contributed by atoms with Crippen LogP contribution >= 0.6 is 0 Å². The lowest BCUT2D eigenvalue weighted by molar-refractivity contribution is 0.464. The molecule has 0 aliphatic carbocycles. The number of hydrogen-bond acceptors (Lipinski definition) is 4. The lowest BCUT2D eigenvalue weighted by atomic mass is 10.3. The van der Waals surface area contributed by atoms with E-state index in [1.165, 1.54) is 23.9 Å². The average molecular weight is 252 g/mol. The molecular formula is C10H12N4O2S. The third kappa shape index (κ3) is 2.51. The molecule has 90 valence electrons. The Balaban J connectivity index is 2.19. The molecule has 2 rings (SSSR count). The first-order valence-corrected chi connectivity index (χ1v) is 6.38. The fraction of sp³-hybridized carbons (Fsp3) is 0.200. The van der Waals surface area contributed by atoms with Crippen LogP contribution in [0, 0.1) is 0 Å². The first kappa shape index (κ1) is 11.7. The molecule has 1 N–H and O–H groups in total. The second kappa shape index (κ2) is 4.64. The van der Waals surface area contributed by atoms with E-state index in [1.807, 2.05) is 6.07 Å². The van der Waals surface area contributed by atoms with Gasteiger partial charge in [-0.15, -0.1) is 0 Å². The van der Waals surface area contributed by atoms with Gasteiger partial charge in [-0.3, -0.25) is 4.98 Å². The lowest BCUT2D eigenvalue weighted by Gasteiger charge is -2.15. The number of aromatic amines is 1. The van der Waals surface area contributed by atoms with Gasteiger partial charge in [0.15, 0.2) is 5.03 Å². The Morgan fingerprint density at radius 1 is 1.35 bits per heavy atom. The molecule has 0 aromatic carbocycles. The van der Waals surface area contributed by atoms with Gasteiger partial charge in [0.2, 0.25) is 0 Å². The molecule has 0 bridgehead atoms. The number of hydrogen-bond donors (Lipinski definition) is 1. The lowest BCUT2D eigenvalue weighted by Crippen LogP contribution is -2.26. The van der Waals surface area contributed by atoms with Crippen molar-refractivity contribution in [1.29, 1.82) is 0 Å². The number of H-pyrrole nitrogens is 1. The second-order valence-corrected chi connectivity index (χ2v) is 5.55. The van der Waals surface area contributed by atoms with Crippen molar-refractivity contribution >= 4 is 10.0 Å². The van der Waals surface area contributed by atoms with Gasteiger partial charge in [-0.05, 0) is 11.6 Å². The van der Waals surface area contributed by atoms with Crippen molar-refractivity contribution in [3.05, 3.63) is 42.6 Å². The number of sulfonamides is 1. The zero-order valence-corrected chi connectivity index (χ0v) is 10.1. The Bertz CT molecular complexity index is 566. The highest BCUT2D eigenvalue weighted by Crippen LogP contribution is 2.12. The van der Waals surface area contributed by atoms with Crippen molar-refractivity contribution in [3.63, 3.8) is 0 Å². The van der Waals surface area contributed by atoms with Crippen molar-refractivity contribution in [1.82, 2.24) is 19.3 Å². The Morgan fingerprint density at radius 2 is 2.18 bits per heavy atom. The number of nitrogens with one attached hydrogen (secondary N) is 1. The first-order valence-electron chi connectivity index (χ1n) is 4.94. The molecule has 0 saturated carbocycles. The molecule has 0 radical (unpaired) electrons. The predicted molar refractivity (Wildman–Crippen MR) is 61.5 cm³/mol. The molecule has 0 unspecified atom stereocenters. The monoisotopic (exact) mass is 252 g/mol. The Labute approximate surface area is 99.4 Å². The van der Waals surface area contributed by atoms with Crippen LogP contribution in [0.5, 0.6) is 0 Å². The predicted octanol–water partition coefficient (Wildman–Crippen LogP) is 0.625. The highest BCUT2D eigenvalue weighted by atomic mass is 32.2. The molecule has 17 heavy (non-hydrogen) atoms. The fourth-order valence-electron chi connectivity index (χ4n) is 1.39. The molecule has 2 aromatic heterocycles. The zero-order valence-electron chi connectivity index (χ0n) is 9.24. The van der Waals surface area contributed by atoms with Gasteiger partial charge in [-0.25, -0.2) is 13.4 Å². The van der Waals surface area contributed by atoms with Gasteiger partial charge in [-0.1, -0.05) is 6.07 Å². The van der Waals surface area contributed by atoms with Crippen LogP contribution in [-0.4, -0.2) is 34.7 Å². The molecular weight excluding hydrogens is 240 g/mol. The van der Waals surface area contributed by atoms with E-state index in [0.29, 0.717) is 0 Å². The van der Waals surface area contributed by atoms with Crippen LogP contribution in [0.1, 0.15) is 5.56 Å². The number of nitrogens with zero attached hydrogens (tertiary/aromatic N) is 3. The number of imidazole rings is 1. The van der Waals surface area contributed by atoms with E-state index < -0.39 is 10.0 Å². The largest absolute Gasteiger partial charge is 0.335 e. The van der Waals surface area contributed by atoms with E-state index in [9.17, 15) is 8.42 Å². The summed E-state index contributed by atoms with van der Waals surface area (Å²) in [6.07, 6.45) is 5.91. The average Bonchev–Trinajstić information content (AvgIpc) is 2.84. The Hall–Kier alpha value is -1.73. The van der Waals surface area contributed by atoms with Crippen molar-refractivity contribution in [3.8, 4) is 0 Å². The molecule has 0 aliphatic rings. The third-order valence-electron chi connectivity index (χ3n) is 2.29. The summed E-state index contributed by atoms with van der Waals surface area (Å²) in [5.74, 6) is 0. The SMILES string of the molecule is CN(Cc1cccnc1)S(=O)(=O)c1cnc[nH]1. The number of pyridine rings is 1. The van der Waals surface area contributed by atoms with E-state index in [-0.39, 0.29) is 11.6 Å². The summed E-state index contributed by atoms with van der Waals surface area (Å²) in [5, 5.41) is 0.0869. The van der Waals surface area contributed by atoms with Crippen molar-refractivity contribution in [2.24, 2.45) is 0 Å². The molecule has 2 heterocycles. The van der Waals surface area contributed by atoms with Crippen LogP contribution < -0.4 is 0 Å². The van der Waals surface area contributed by atoms with Crippen molar-refractivity contribution in [2.45, 2.75) is 11.6 Å². The summed E-state index contributed by atoms with van der Waals surface area (Å²) in [7, 11) is -1.99. The van der Waals surface area contributed by atoms with E-state index in [2.05, 4.69) is 15.0 Å². The topological polar surface area (TPSA) is 79.0 Å². The van der Waals surface area contributed by atoms with Crippen molar-refractivity contribution in [2.75, 3.05) is 7.05 Å². The van der Waals surface area contributed by atoms with Crippen molar-refractivity contribution < 1.29 is 8.42 Å². The van der Waals surface area contributed by atoms with Gasteiger partial charge in [0.1, 0.15) is 0 Å². The van der Waals surface area contributed by atoms with Gasteiger partial charge in [0.05, 0.1) is 12.5 Å². The summed E-state index contributed by atoms with van der Waals surface area (Å²) in [4.78, 5) is 10.2. The molecule has 0 amide bonds. The third-order valence-corrected chi connectivity index (χ3v) is 4.02. The van der Waals surface area contributed by atoms with E-state index in [1.54, 1.807) is 18.5 Å². The molecule has 0 atom stereocenters. The summed E-state index contributed by atoms with van der Waals surface area (Å²) in [6, 6.07) is 3.60. The smallest absolute Gasteiger partial charge is 0.260 e. The van der Waals surface area contributed by atoms with Crippen LogP contribution in [0.2, 0.25) is 0 Å². The zero-order chi connectivity index (χ0) is 12.3. The van der Waals surface area contributed by atoms with E-state index in [4.69, 9.17) is 0 Å². The second-order valence-electron chi connectivity index (χ2n) is 3.54. The maximum absolute atomic E-state index is 12.0. The minimum Gasteiger partial charge on any atom is -0.335 e. The summed E-state index contributed by atoms with van der Waals surface area (Å²) in [5.41, 5.74) is 0.832. The molecule has 0 fully saturated rings. The van der Waals surface area contributed by atoms with Gasteiger partial charge in [-0.2, -0.15) is 4.31 Å². The van der Waals surface area contributed by atoms with Crippen LogP contribution in [0.25, 0.3) is 0 Å². The first-order chi connectivity index (χ1) is 8.10. The highest BCUT2D eigenvalue weighted by Gasteiger charge is 2.22. The number of rotatable bonds is 4.